The highest BCUT2D eigenvalue weighted by Gasteiger charge is 2.19. The Morgan fingerprint density at radius 2 is 2.06 bits per heavy atom. The number of carbonyl (C=O) groups excluding carboxylic acids is 2. The van der Waals surface area contributed by atoms with Crippen molar-refractivity contribution in [2.75, 3.05) is 26.9 Å². The molecule has 0 aromatic rings. The molecule has 0 aliphatic carbocycles. The second-order valence-corrected chi connectivity index (χ2v) is 3.19. The van der Waals surface area contributed by atoms with Crippen LogP contribution in [0.4, 0.5) is 0 Å². The average molecular weight is 233 g/mol. The lowest BCUT2D eigenvalue weighted by Crippen LogP contribution is -2.44. The molecule has 0 saturated carbocycles. The van der Waals surface area contributed by atoms with Crippen molar-refractivity contribution >= 4 is 11.9 Å². The van der Waals surface area contributed by atoms with Gasteiger partial charge in [-0.25, -0.2) is 4.79 Å². The fraction of sp³-hybridized carbons (Fsp3) is 0.800. The number of aliphatic hydroxyl groups is 1. The van der Waals surface area contributed by atoms with Crippen LogP contribution in [0.2, 0.25) is 0 Å². The number of hydrogen-bond acceptors (Lipinski definition) is 5. The molecule has 94 valence electrons. The largest absolute Gasteiger partial charge is 0.467 e. The monoisotopic (exact) mass is 233 g/mol. The molecule has 0 aromatic heterocycles. The lowest BCUT2D eigenvalue weighted by Gasteiger charge is -2.13. The van der Waals surface area contributed by atoms with E-state index in [-0.39, 0.29) is 12.3 Å². The van der Waals surface area contributed by atoms with Crippen molar-refractivity contribution in [1.82, 2.24) is 5.32 Å². The summed E-state index contributed by atoms with van der Waals surface area (Å²) in [6.45, 7) is 2.40. The third-order valence-corrected chi connectivity index (χ3v) is 1.83. The molecule has 6 heteroatoms. The van der Waals surface area contributed by atoms with Crippen LogP contribution in [-0.2, 0) is 19.1 Å². The van der Waals surface area contributed by atoms with Gasteiger partial charge in [0.2, 0.25) is 5.91 Å². The number of nitrogens with one attached hydrogen (secondary N) is 1. The molecule has 0 fully saturated rings. The standard InChI is InChI=1S/C10H19NO5/c1-3-5-16-6-4-9(13)11-8(7-12)10(14)15-2/h8,12H,3-7H2,1-2H3,(H,11,13). The Morgan fingerprint density at radius 1 is 1.38 bits per heavy atom. The molecular formula is C10H19NO5. The Labute approximate surface area is 94.9 Å². The van der Waals surface area contributed by atoms with Gasteiger partial charge in [0.05, 0.1) is 20.3 Å². The average Bonchev–Trinajstić information content (AvgIpc) is 2.30. The summed E-state index contributed by atoms with van der Waals surface area (Å²) in [5, 5.41) is 11.2. The van der Waals surface area contributed by atoms with Crippen molar-refractivity contribution in [2.24, 2.45) is 0 Å². The van der Waals surface area contributed by atoms with Crippen LogP contribution in [0.3, 0.4) is 0 Å². The minimum Gasteiger partial charge on any atom is -0.467 e. The van der Waals surface area contributed by atoms with Crippen molar-refractivity contribution in [2.45, 2.75) is 25.8 Å². The van der Waals surface area contributed by atoms with Gasteiger partial charge >= 0.3 is 5.97 Å². The molecule has 0 aromatic carbocycles. The molecule has 0 heterocycles. The SMILES string of the molecule is CCCOCCC(=O)NC(CO)C(=O)OC. The van der Waals surface area contributed by atoms with Crippen LogP contribution in [-0.4, -0.2) is 50.0 Å². The quantitative estimate of drug-likeness (QED) is 0.434. The third kappa shape index (κ3) is 6.36. The molecule has 0 spiro atoms. The Kier molecular flexibility index (Phi) is 8.46. The summed E-state index contributed by atoms with van der Waals surface area (Å²) in [5.74, 6) is -1.01. The predicted molar refractivity (Wildman–Crippen MR) is 56.8 cm³/mol. The van der Waals surface area contributed by atoms with Gasteiger partial charge in [-0.1, -0.05) is 6.92 Å². The second-order valence-electron chi connectivity index (χ2n) is 3.19. The highest BCUT2D eigenvalue weighted by Crippen LogP contribution is 1.90. The molecule has 0 aliphatic heterocycles. The molecule has 0 radical (unpaired) electrons. The first-order chi connectivity index (χ1) is 7.65. The van der Waals surface area contributed by atoms with Crippen LogP contribution in [0.1, 0.15) is 19.8 Å². The number of aliphatic hydroxyl groups excluding tert-OH is 1. The highest BCUT2D eigenvalue weighted by molar-refractivity contribution is 5.84. The zero-order chi connectivity index (χ0) is 12.4. The van der Waals surface area contributed by atoms with Crippen LogP contribution in [0.25, 0.3) is 0 Å². The molecule has 1 atom stereocenters. The molecule has 6 nitrogen and oxygen atoms in total. The molecule has 0 bridgehead atoms. The van der Waals surface area contributed by atoms with E-state index in [4.69, 9.17) is 9.84 Å². The summed E-state index contributed by atoms with van der Waals surface area (Å²) >= 11 is 0. The summed E-state index contributed by atoms with van der Waals surface area (Å²) in [6.07, 6.45) is 1.05. The summed E-state index contributed by atoms with van der Waals surface area (Å²) in [5.41, 5.74) is 0. The minimum absolute atomic E-state index is 0.160. The van der Waals surface area contributed by atoms with Crippen molar-refractivity contribution in [3.8, 4) is 0 Å². The Morgan fingerprint density at radius 3 is 2.56 bits per heavy atom. The van der Waals surface area contributed by atoms with Crippen LogP contribution < -0.4 is 5.32 Å². The third-order valence-electron chi connectivity index (χ3n) is 1.83. The number of hydrogen-bond donors (Lipinski definition) is 2. The fourth-order valence-electron chi connectivity index (χ4n) is 0.999. The summed E-state index contributed by atoms with van der Waals surface area (Å²) in [6, 6.07) is -0.997. The van der Waals surface area contributed by atoms with Gasteiger partial charge in [-0.3, -0.25) is 4.79 Å². The van der Waals surface area contributed by atoms with E-state index < -0.39 is 18.6 Å². The van der Waals surface area contributed by atoms with Gasteiger partial charge < -0.3 is 19.9 Å². The fourth-order valence-corrected chi connectivity index (χ4v) is 0.999. The van der Waals surface area contributed by atoms with Crippen LogP contribution >= 0.6 is 0 Å². The van der Waals surface area contributed by atoms with E-state index in [9.17, 15) is 9.59 Å². The summed E-state index contributed by atoms with van der Waals surface area (Å²) in [7, 11) is 1.20. The Bertz CT molecular complexity index is 219. The van der Waals surface area contributed by atoms with Crippen molar-refractivity contribution < 1.29 is 24.2 Å². The normalized spacial score (nSPS) is 11.9. The van der Waals surface area contributed by atoms with Gasteiger partial charge in [0.25, 0.3) is 0 Å². The first-order valence-corrected chi connectivity index (χ1v) is 5.21. The number of amides is 1. The Balaban J connectivity index is 3.79. The maximum Gasteiger partial charge on any atom is 0.330 e. The van der Waals surface area contributed by atoms with Gasteiger partial charge in [0, 0.05) is 13.0 Å². The maximum absolute atomic E-state index is 11.3. The zero-order valence-corrected chi connectivity index (χ0v) is 9.69. The van der Waals surface area contributed by atoms with E-state index in [1.165, 1.54) is 7.11 Å². The van der Waals surface area contributed by atoms with E-state index in [1.807, 2.05) is 6.92 Å². The van der Waals surface area contributed by atoms with E-state index in [1.54, 1.807) is 0 Å². The van der Waals surface area contributed by atoms with Crippen molar-refractivity contribution in [3.05, 3.63) is 0 Å². The molecule has 1 amide bonds. The number of esters is 1. The summed E-state index contributed by atoms with van der Waals surface area (Å²) in [4.78, 5) is 22.3. The van der Waals surface area contributed by atoms with E-state index in [0.29, 0.717) is 13.2 Å². The molecule has 1 unspecified atom stereocenters. The van der Waals surface area contributed by atoms with Crippen LogP contribution in [0, 0.1) is 0 Å². The second kappa shape index (κ2) is 9.11. The zero-order valence-electron chi connectivity index (χ0n) is 9.69. The van der Waals surface area contributed by atoms with Gasteiger partial charge in [-0.05, 0) is 6.42 Å². The van der Waals surface area contributed by atoms with Gasteiger partial charge in [-0.15, -0.1) is 0 Å². The van der Waals surface area contributed by atoms with E-state index in [0.717, 1.165) is 6.42 Å². The van der Waals surface area contributed by atoms with E-state index >= 15 is 0 Å². The number of rotatable bonds is 8. The lowest BCUT2D eigenvalue weighted by atomic mass is 10.3. The van der Waals surface area contributed by atoms with E-state index in [2.05, 4.69) is 10.1 Å². The first-order valence-electron chi connectivity index (χ1n) is 5.21. The molecule has 0 aliphatic rings. The lowest BCUT2D eigenvalue weighted by molar-refractivity contribution is -0.146. The molecule has 16 heavy (non-hydrogen) atoms. The predicted octanol–water partition coefficient (Wildman–Crippen LogP) is -0.547. The minimum atomic E-state index is -0.997. The maximum atomic E-state index is 11.3. The van der Waals surface area contributed by atoms with Gasteiger partial charge in [0.1, 0.15) is 0 Å². The topological polar surface area (TPSA) is 84.9 Å². The molecule has 0 rings (SSSR count). The highest BCUT2D eigenvalue weighted by atomic mass is 16.5. The molecule has 0 saturated heterocycles. The van der Waals surface area contributed by atoms with Gasteiger partial charge in [0.15, 0.2) is 6.04 Å². The van der Waals surface area contributed by atoms with Crippen molar-refractivity contribution in [3.63, 3.8) is 0 Å². The van der Waals surface area contributed by atoms with Crippen LogP contribution in [0.15, 0.2) is 0 Å². The number of carbonyl (C=O) groups is 2. The first kappa shape index (κ1) is 14.9. The number of methoxy groups -OCH3 is 1. The Hall–Kier alpha value is -1.14. The molecule has 2 N–H and O–H groups in total. The summed E-state index contributed by atoms with van der Waals surface area (Å²) < 4.78 is 9.52. The van der Waals surface area contributed by atoms with Gasteiger partial charge in [-0.2, -0.15) is 0 Å². The number of ether oxygens (including phenoxy) is 2. The van der Waals surface area contributed by atoms with Crippen LogP contribution in [0.5, 0.6) is 0 Å². The van der Waals surface area contributed by atoms with Crippen molar-refractivity contribution in [1.29, 1.82) is 0 Å². The smallest absolute Gasteiger partial charge is 0.330 e. The molecular weight excluding hydrogens is 214 g/mol.